The SMILES string of the molecule is CCCCCCCCCCCCC(C#N)(CCCN1CCC(O)(c2ccccc2)CC1)c1ccc(OC)c(OC)c1. The van der Waals surface area contributed by atoms with Crippen molar-refractivity contribution in [3.8, 4) is 17.6 Å². The van der Waals surface area contributed by atoms with Crippen molar-refractivity contribution in [2.75, 3.05) is 33.9 Å². The molecule has 41 heavy (non-hydrogen) atoms. The summed E-state index contributed by atoms with van der Waals surface area (Å²) >= 11 is 0. The van der Waals surface area contributed by atoms with Gasteiger partial charge < -0.3 is 19.5 Å². The number of methoxy groups -OCH3 is 2. The number of benzene rings is 2. The molecule has 1 heterocycles. The largest absolute Gasteiger partial charge is 0.493 e. The van der Waals surface area contributed by atoms with Crippen molar-refractivity contribution < 1.29 is 14.6 Å². The second kappa shape index (κ2) is 17.4. The van der Waals surface area contributed by atoms with Gasteiger partial charge in [0.25, 0.3) is 0 Å². The van der Waals surface area contributed by atoms with Gasteiger partial charge in [-0.25, -0.2) is 0 Å². The lowest BCUT2D eigenvalue weighted by Gasteiger charge is -2.39. The minimum Gasteiger partial charge on any atom is -0.493 e. The molecule has 1 fully saturated rings. The number of nitrogens with zero attached hydrogens (tertiary/aromatic N) is 2. The summed E-state index contributed by atoms with van der Waals surface area (Å²) in [5.74, 6) is 1.38. The van der Waals surface area contributed by atoms with E-state index in [1.807, 2.05) is 42.5 Å². The molecule has 2 aromatic carbocycles. The number of rotatable bonds is 19. The molecule has 0 radical (unpaired) electrons. The lowest BCUT2D eigenvalue weighted by Crippen LogP contribution is -2.43. The van der Waals surface area contributed by atoms with Gasteiger partial charge in [0.1, 0.15) is 0 Å². The zero-order valence-electron chi connectivity index (χ0n) is 26.0. The summed E-state index contributed by atoms with van der Waals surface area (Å²) in [5.41, 5.74) is 0.780. The fourth-order valence-corrected chi connectivity index (χ4v) is 6.43. The van der Waals surface area contributed by atoms with Crippen LogP contribution >= 0.6 is 0 Å². The molecule has 5 heteroatoms. The number of nitriles is 1. The van der Waals surface area contributed by atoms with Gasteiger partial charge in [-0.05, 0) is 61.9 Å². The first-order chi connectivity index (χ1) is 20.0. The molecule has 1 unspecified atom stereocenters. The summed E-state index contributed by atoms with van der Waals surface area (Å²) in [4.78, 5) is 2.45. The Morgan fingerprint density at radius 3 is 1.98 bits per heavy atom. The minimum absolute atomic E-state index is 0.541. The van der Waals surface area contributed by atoms with Crippen LogP contribution in [0.25, 0.3) is 0 Å². The summed E-state index contributed by atoms with van der Waals surface area (Å²) in [6, 6.07) is 18.9. The van der Waals surface area contributed by atoms with E-state index in [4.69, 9.17) is 9.47 Å². The van der Waals surface area contributed by atoms with E-state index in [1.54, 1.807) is 14.2 Å². The van der Waals surface area contributed by atoms with Gasteiger partial charge in [0.15, 0.2) is 11.5 Å². The van der Waals surface area contributed by atoms with Gasteiger partial charge in [0.2, 0.25) is 0 Å². The van der Waals surface area contributed by atoms with Crippen LogP contribution in [0.15, 0.2) is 48.5 Å². The van der Waals surface area contributed by atoms with Gasteiger partial charge >= 0.3 is 0 Å². The smallest absolute Gasteiger partial charge is 0.161 e. The fraction of sp³-hybridized carbons (Fsp3) is 0.639. The third-order valence-corrected chi connectivity index (χ3v) is 9.18. The predicted octanol–water partition coefficient (Wildman–Crippen LogP) is 8.54. The Morgan fingerprint density at radius 1 is 0.805 bits per heavy atom. The molecule has 2 aromatic rings. The molecule has 0 spiro atoms. The Balaban J connectivity index is 1.56. The van der Waals surface area contributed by atoms with Crippen LogP contribution in [0.4, 0.5) is 0 Å². The second-order valence-electron chi connectivity index (χ2n) is 12.0. The topological polar surface area (TPSA) is 65.7 Å². The monoisotopic (exact) mass is 562 g/mol. The van der Waals surface area contributed by atoms with E-state index in [0.717, 1.165) is 69.3 Å². The van der Waals surface area contributed by atoms with Crippen LogP contribution in [-0.2, 0) is 11.0 Å². The molecular formula is C36H54N2O3. The third-order valence-electron chi connectivity index (χ3n) is 9.18. The van der Waals surface area contributed by atoms with E-state index >= 15 is 0 Å². The van der Waals surface area contributed by atoms with E-state index in [2.05, 4.69) is 24.0 Å². The summed E-state index contributed by atoms with van der Waals surface area (Å²) in [7, 11) is 3.31. The molecule has 0 bridgehead atoms. The van der Waals surface area contributed by atoms with Gasteiger partial charge in [-0.1, -0.05) is 108 Å². The summed E-state index contributed by atoms with van der Waals surface area (Å²) in [5, 5.41) is 21.9. The summed E-state index contributed by atoms with van der Waals surface area (Å²) < 4.78 is 11.1. The molecule has 0 aliphatic carbocycles. The first-order valence-corrected chi connectivity index (χ1v) is 16.1. The van der Waals surface area contributed by atoms with Crippen LogP contribution < -0.4 is 9.47 Å². The molecule has 0 amide bonds. The van der Waals surface area contributed by atoms with Crippen LogP contribution in [0.3, 0.4) is 0 Å². The maximum absolute atomic E-state index is 11.2. The summed E-state index contributed by atoms with van der Waals surface area (Å²) in [6.07, 6.45) is 17.0. The highest BCUT2D eigenvalue weighted by Crippen LogP contribution is 2.40. The van der Waals surface area contributed by atoms with E-state index in [1.165, 1.54) is 57.8 Å². The van der Waals surface area contributed by atoms with Gasteiger partial charge in [0, 0.05) is 13.1 Å². The second-order valence-corrected chi connectivity index (χ2v) is 12.0. The molecule has 1 atom stereocenters. The third kappa shape index (κ3) is 9.76. The average molecular weight is 563 g/mol. The molecule has 1 aliphatic heterocycles. The minimum atomic E-state index is -0.733. The maximum atomic E-state index is 11.2. The Morgan fingerprint density at radius 2 is 1.39 bits per heavy atom. The fourth-order valence-electron chi connectivity index (χ4n) is 6.43. The lowest BCUT2D eigenvalue weighted by molar-refractivity contribution is -0.0262. The zero-order valence-corrected chi connectivity index (χ0v) is 26.0. The number of aliphatic hydroxyl groups is 1. The van der Waals surface area contributed by atoms with Crippen LogP contribution in [-0.4, -0.2) is 43.9 Å². The van der Waals surface area contributed by atoms with Crippen LogP contribution in [0, 0.1) is 11.3 Å². The molecule has 0 aromatic heterocycles. The number of unbranched alkanes of at least 4 members (excludes halogenated alkanes) is 9. The van der Waals surface area contributed by atoms with Crippen molar-refractivity contribution in [3.05, 3.63) is 59.7 Å². The highest BCUT2D eigenvalue weighted by molar-refractivity contribution is 5.47. The van der Waals surface area contributed by atoms with Crippen molar-refractivity contribution in [2.24, 2.45) is 0 Å². The van der Waals surface area contributed by atoms with E-state index in [-0.39, 0.29) is 0 Å². The van der Waals surface area contributed by atoms with Crippen molar-refractivity contribution in [1.82, 2.24) is 4.90 Å². The van der Waals surface area contributed by atoms with Crippen molar-refractivity contribution in [2.45, 2.75) is 114 Å². The number of hydrogen-bond donors (Lipinski definition) is 1. The molecule has 3 rings (SSSR count). The molecule has 1 saturated heterocycles. The molecule has 0 saturated carbocycles. The van der Waals surface area contributed by atoms with Crippen LogP contribution in [0.5, 0.6) is 11.5 Å². The highest BCUT2D eigenvalue weighted by atomic mass is 16.5. The van der Waals surface area contributed by atoms with Crippen molar-refractivity contribution in [3.63, 3.8) is 0 Å². The van der Waals surface area contributed by atoms with Gasteiger partial charge in [-0.15, -0.1) is 0 Å². The highest BCUT2D eigenvalue weighted by Gasteiger charge is 2.35. The molecular weight excluding hydrogens is 508 g/mol. The quantitative estimate of drug-likeness (QED) is 0.174. The van der Waals surface area contributed by atoms with Crippen LogP contribution in [0.2, 0.25) is 0 Å². The lowest BCUT2D eigenvalue weighted by atomic mass is 9.73. The van der Waals surface area contributed by atoms with E-state index < -0.39 is 11.0 Å². The normalized spacial score (nSPS) is 16.6. The maximum Gasteiger partial charge on any atom is 0.161 e. The van der Waals surface area contributed by atoms with Crippen LogP contribution in [0.1, 0.15) is 114 Å². The van der Waals surface area contributed by atoms with Crippen molar-refractivity contribution in [1.29, 1.82) is 5.26 Å². The van der Waals surface area contributed by atoms with Crippen molar-refractivity contribution >= 4 is 0 Å². The first kappa shape index (κ1) is 33.0. The first-order valence-electron chi connectivity index (χ1n) is 16.1. The Bertz CT molecular complexity index is 1040. The Labute approximate surface area is 249 Å². The molecule has 226 valence electrons. The van der Waals surface area contributed by atoms with Gasteiger partial charge in [0.05, 0.1) is 31.3 Å². The zero-order chi connectivity index (χ0) is 29.4. The Hall–Kier alpha value is -2.55. The number of hydrogen-bond acceptors (Lipinski definition) is 5. The average Bonchev–Trinajstić information content (AvgIpc) is 3.02. The Kier molecular flexibility index (Phi) is 14.0. The number of ether oxygens (including phenoxy) is 2. The van der Waals surface area contributed by atoms with E-state index in [0.29, 0.717) is 11.5 Å². The molecule has 1 N–H and O–H groups in total. The molecule has 1 aliphatic rings. The standard InChI is InChI=1S/C36H54N2O3/c1-4-5-6-7-8-9-10-11-12-16-22-35(30-37,32-20-21-33(40-2)34(29-32)41-3)23-17-26-38-27-24-36(39,25-28-38)31-18-14-13-15-19-31/h13-15,18-21,29,39H,4-12,16-17,22-28H2,1-3H3. The van der Waals surface area contributed by atoms with Gasteiger partial charge in [-0.3, -0.25) is 0 Å². The number of piperidine rings is 1. The van der Waals surface area contributed by atoms with E-state index in [9.17, 15) is 10.4 Å². The summed E-state index contributed by atoms with van der Waals surface area (Å²) in [6.45, 7) is 4.96. The molecule has 5 nitrogen and oxygen atoms in total. The predicted molar refractivity (Wildman–Crippen MR) is 169 cm³/mol. The van der Waals surface area contributed by atoms with Gasteiger partial charge in [-0.2, -0.15) is 5.26 Å². The number of likely N-dealkylation sites (tertiary alicyclic amines) is 1.